The van der Waals surface area contributed by atoms with Gasteiger partial charge in [0.15, 0.2) is 0 Å². The summed E-state index contributed by atoms with van der Waals surface area (Å²) in [5.41, 5.74) is 1.21. The van der Waals surface area contributed by atoms with Crippen LogP contribution in [0, 0.1) is 11.7 Å². The predicted octanol–water partition coefficient (Wildman–Crippen LogP) is 3.13. The highest BCUT2D eigenvalue weighted by Gasteiger charge is 2.33. The van der Waals surface area contributed by atoms with Crippen LogP contribution in [0.25, 0.3) is 0 Å². The molecule has 0 heterocycles. The van der Waals surface area contributed by atoms with Crippen LogP contribution in [0.2, 0.25) is 0 Å². The van der Waals surface area contributed by atoms with Gasteiger partial charge in [0.2, 0.25) is 0 Å². The summed E-state index contributed by atoms with van der Waals surface area (Å²) in [5.74, 6) is 0.384. The summed E-state index contributed by atoms with van der Waals surface area (Å²) in [4.78, 5) is 2.09. The molecule has 0 saturated heterocycles. The van der Waals surface area contributed by atoms with Gasteiger partial charge in [-0.15, -0.1) is 0 Å². The number of ether oxygens (including phenoxy) is 1. The molecule has 1 saturated carbocycles. The van der Waals surface area contributed by atoms with E-state index in [-0.39, 0.29) is 5.82 Å². The molecule has 20 heavy (non-hydrogen) atoms. The van der Waals surface area contributed by atoms with Gasteiger partial charge in [-0.3, -0.25) is 0 Å². The van der Waals surface area contributed by atoms with Gasteiger partial charge < -0.3 is 14.7 Å². The van der Waals surface area contributed by atoms with Crippen molar-refractivity contribution in [2.45, 2.75) is 38.8 Å². The molecule has 0 amide bonds. The molecule has 0 aromatic heterocycles. The highest BCUT2D eigenvalue weighted by Crippen LogP contribution is 2.37. The van der Waals surface area contributed by atoms with E-state index in [1.165, 1.54) is 18.9 Å². The molecule has 0 spiro atoms. The third-order valence-electron chi connectivity index (χ3n) is 4.10. The highest BCUT2D eigenvalue weighted by atomic mass is 19.1. The quantitative estimate of drug-likeness (QED) is 0.833. The third-order valence-corrected chi connectivity index (χ3v) is 4.10. The van der Waals surface area contributed by atoms with Crippen molar-refractivity contribution < 1.29 is 14.2 Å². The van der Waals surface area contributed by atoms with Crippen LogP contribution in [-0.2, 0) is 4.74 Å². The number of rotatable bonds is 7. The molecule has 1 aromatic carbocycles. The second-order valence-electron chi connectivity index (χ2n) is 5.65. The zero-order chi connectivity index (χ0) is 14.7. The summed E-state index contributed by atoms with van der Waals surface area (Å²) < 4.78 is 19.5. The Balaban J connectivity index is 2.22. The summed E-state index contributed by atoms with van der Waals surface area (Å²) in [6, 6.07) is 5.31. The lowest BCUT2D eigenvalue weighted by atomic mass is 10.1. The Hall–Kier alpha value is -1.13. The summed E-state index contributed by atoms with van der Waals surface area (Å²) in [5, 5.41) is 9.53. The Labute approximate surface area is 120 Å². The van der Waals surface area contributed by atoms with Gasteiger partial charge in [0.05, 0.1) is 18.4 Å². The van der Waals surface area contributed by atoms with E-state index in [9.17, 15) is 9.50 Å². The van der Waals surface area contributed by atoms with E-state index in [0.717, 1.165) is 0 Å². The molecule has 112 valence electrons. The summed E-state index contributed by atoms with van der Waals surface area (Å²) in [7, 11) is 1.66. The minimum atomic E-state index is -0.646. The van der Waals surface area contributed by atoms with Crippen LogP contribution in [0.4, 0.5) is 10.1 Å². The van der Waals surface area contributed by atoms with Gasteiger partial charge in [0, 0.05) is 19.7 Å². The number of hydrogen-bond donors (Lipinski definition) is 1. The Morgan fingerprint density at radius 2 is 2.10 bits per heavy atom. The fourth-order valence-electron chi connectivity index (χ4n) is 2.58. The SMILES string of the molecule is COCCN(c1ccc([C@H](C)O)cc1F)C(C)C1CC1. The first kappa shape index (κ1) is 15.3. The number of benzene rings is 1. The van der Waals surface area contributed by atoms with E-state index in [0.29, 0.717) is 36.4 Å². The van der Waals surface area contributed by atoms with Gasteiger partial charge in [-0.25, -0.2) is 4.39 Å². The van der Waals surface area contributed by atoms with Gasteiger partial charge in [0.1, 0.15) is 5.82 Å². The molecule has 0 aliphatic heterocycles. The molecule has 1 aliphatic rings. The zero-order valence-corrected chi connectivity index (χ0v) is 12.5. The molecule has 0 radical (unpaired) electrons. The standard InChI is InChI=1S/C16H24FNO2/c1-11(13-4-5-13)18(8-9-20-3)16-7-6-14(12(2)19)10-15(16)17/h6-7,10-13,19H,4-5,8-9H2,1-3H3/t11?,12-/m0/s1. The van der Waals surface area contributed by atoms with Gasteiger partial charge in [-0.05, 0) is 50.3 Å². The van der Waals surface area contributed by atoms with Gasteiger partial charge in [-0.2, -0.15) is 0 Å². The van der Waals surface area contributed by atoms with E-state index in [4.69, 9.17) is 4.74 Å². The molecule has 1 N–H and O–H groups in total. The molecule has 3 nitrogen and oxygen atoms in total. The van der Waals surface area contributed by atoms with Gasteiger partial charge in [-0.1, -0.05) is 6.07 Å². The van der Waals surface area contributed by atoms with Crippen molar-refractivity contribution in [3.63, 3.8) is 0 Å². The van der Waals surface area contributed by atoms with Crippen LogP contribution in [0.15, 0.2) is 18.2 Å². The largest absolute Gasteiger partial charge is 0.389 e. The van der Waals surface area contributed by atoms with Crippen LogP contribution in [0.1, 0.15) is 38.4 Å². The molecule has 1 unspecified atom stereocenters. The van der Waals surface area contributed by atoms with Crippen LogP contribution in [-0.4, -0.2) is 31.4 Å². The Morgan fingerprint density at radius 1 is 1.40 bits per heavy atom. The highest BCUT2D eigenvalue weighted by molar-refractivity contribution is 5.50. The Morgan fingerprint density at radius 3 is 2.60 bits per heavy atom. The first-order valence-electron chi connectivity index (χ1n) is 7.27. The molecule has 2 rings (SSSR count). The number of methoxy groups -OCH3 is 1. The van der Waals surface area contributed by atoms with Crippen molar-refractivity contribution in [1.82, 2.24) is 0 Å². The van der Waals surface area contributed by atoms with E-state index in [2.05, 4.69) is 11.8 Å². The average molecular weight is 281 g/mol. The second kappa shape index (κ2) is 6.55. The van der Waals surface area contributed by atoms with Crippen LogP contribution < -0.4 is 4.90 Å². The maximum absolute atomic E-state index is 14.3. The molecular weight excluding hydrogens is 257 g/mol. The zero-order valence-electron chi connectivity index (χ0n) is 12.5. The number of aliphatic hydroxyl groups excluding tert-OH is 1. The minimum Gasteiger partial charge on any atom is -0.389 e. The fraction of sp³-hybridized carbons (Fsp3) is 0.625. The Bertz CT molecular complexity index is 446. The van der Waals surface area contributed by atoms with Crippen molar-refractivity contribution in [1.29, 1.82) is 0 Å². The topological polar surface area (TPSA) is 32.7 Å². The normalized spacial score (nSPS) is 17.9. The first-order valence-corrected chi connectivity index (χ1v) is 7.27. The van der Waals surface area contributed by atoms with Crippen molar-refractivity contribution in [2.24, 2.45) is 5.92 Å². The Kier molecular flexibility index (Phi) is 5.00. The van der Waals surface area contributed by atoms with Crippen molar-refractivity contribution in [3.05, 3.63) is 29.6 Å². The molecule has 1 aromatic rings. The van der Waals surface area contributed by atoms with E-state index in [1.807, 2.05) is 0 Å². The van der Waals surface area contributed by atoms with Crippen LogP contribution in [0.5, 0.6) is 0 Å². The van der Waals surface area contributed by atoms with Crippen molar-refractivity contribution in [2.75, 3.05) is 25.2 Å². The molecule has 1 aliphatic carbocycles. The minimum absolute atomic E-state index is 0.271. The number of hydrogen-bond acceptors (Lipinski definition) is 3. The molecule has 4 heteroatoms. The summed E-state index contributed by atoms with van der Waals surface area (Å²) in [6.45, 7) is 5.05. The maximum atomic E-state index is 14.3. The number of nitrogens with zero attached hydrogens (tertiary/aromatic N) is 1. The first-order chi connectivity index (χ1) is 9.54. The molecule has 0 bridgehead atoms. The predicted molar refractivity (Wildman–Crippen MR) is 78.4 cm³/mol. The monoisotopic (exact) mass is 281 g/mol. The number of aliphatic hydroxyl groups is 1. The van der Waals surface area contributed by atoms with Crippen molar-refractivity contribution in [3.8, 4) is 0 Å². The van der Waals surface area contributed by atoms with E-state index < -0.39 is 6.10 Å². The van der Waals surface area contributed by atoms with Gasteiger partial charge in [0.25, 0.3) is 0 Å². The average Bonchev–Trinajstić information content (AvgIpc) is 3.24. The number of halogens is 1. The summed E-state index contributed by atoms with van der Waals surface area (Å²) in [6.07, 6.45) is 1.79. The van der Waals surface area contributed by atoms with Crippen molar-refractivity contribution >= 4 is 5.69 Å². The van der Waals surface area contributed by atoms with Gasteiger partial charge >= 0.3 is 0 Å². The fourth-order valence-corrected chi connectivity index (χ4v) is 2.58. The van der Waals surface area contributed by atoms with E-state index in [1.54, 1.807) is 26.2 Å². The smallest absolute Gasteiger partial charge is 0.146 e. The summed E-state index contributed by atoms with van der Waals surface area (Å²) >= 11 is 0. The lowest BCUT2D eigenvalue weighted by Crippen LogP contribution is -2.37. The lowest BCUT2D eigenvalue weighted by molar-refractivity contribution is 0.198. The molecule has 1 fully saturated rings. The third kappa shape index (κ3) is 3.49. The molecule has 2 atom stereocenters. The second-order valence-corrected chi connectivity index (χ2v) is 5.65. The van der Waals surface area contributed by atoms with E-state index >= 15 is 0 Å². The number of anilines is 1. The lowest BCUT2D eigenvalue weighted by Gasteiger charge is -2.32. The molecular formula is C16H24FNO2. The van der Waals surface area contributed by atoms with Crippen LogP contribution in [0.3, 0.4) is 0 Å². The van der Waals surface area contributed by atoms with Crippen LogP contribution >= 0.6 is 0 Å². The maximum Gasteiger partial charge on any atom is 0.146 e.